The maximum atomic E-state index is 9.75. The first-order valence-electron chi connectivity index (χ1n) is 7.62. The third-order valence-corrected chi connectivity index (χ3v) is 3.71. The lowest BCUT2D eigenvalue weighted by atomic mass is 10.2. The van der Waals surface area contributed by atoms with Crippen molar-refractivity contribution < 1.29 is 21.8 Å². The van der Waals surface area contributed by atoms with Crippen LogP contribution >= 0.6 is 0 Å². The van der Waals surface area contributed by atoms with E-state index in [4.69, 9.17) is 0 Å². The number of halogens is 4. The van der Waals surface area contributed by atoms with Gasteiger partial charge in [-0.3, -0.25) is 0 Å². The van der Waals surface area contributed by atoms with E-state index in [0.717, 1.165) is 13.1 Å². The Morgan fingerprint density at radius 2 is 1.42 bits per heavy atom. The van der Waals surface area contributed by atoms with Crippen LogP contribution in [-0.4, -0.2) is 31.3 Å². The van der Waals surface area contributed by atoms with E-state index in [1.165, 1.54) is 22.5 Å². The van der Waals surface area contributed by atoms with Gasteiger partial charge >= 0.3 is 7.25 Å². The van der Waals surface area contributed by atoms with Crippen molar-refractivity contribution in [2.75, 3.05) is 18.0 Å². The fraction of sp³-hybridized carbons (Fsp3) is 0.235. The van der Waals surface area contributed by atoms with E-state index in [2.05, 4.69) is 78.2 Å². The second-order valence-electron chi connectivity index (χ2n) is 5.57. The fourth-order valence-corrected chi connectivity index (χ4v) is 2.64. The van der Waals surface area contributed by atoms with Crippen molar-refractivity contribution in [2.45, 2.75) is 13.8 Å². The van der Waals surface area contributed by atoms with E-state index in [1.807, 2.05) is 0 Å². The number of hydrogen-bond donors (Lipinski definition) is 0. The van der Waals surface area contributed by atoms with Gasteiger partial charge in [-0.15, -0.1) is 0 Å². The van der Waals surface area contributed by atoms with Crippen LogP contribution in [0.15, 0.2) is 48.5 Å². The zero-order valence-corrected chi connectivity index (χ0v) is 13.6. The van der Waals surface area contributed by atoms with Crippen molar-refractivity contribution in [1.29, 1.82) is 0 Å². The lowest BCUT2D eigenvalue weighted by molar-refractivity contribution is -0.424. The van der Waals surface area contributed by atoms with Gasteiger partial charge in [-0.25, -0.2) is 9.48 Å². The topological polar surface area (TPSA) is 6.25 Å². The van der Waals surface area contributed by atoms with Gasteiger partial charge in [0, 0.05) is 0 Å². The molecule has 1 heterocycles. The molecule has 0 radical (unpaired) electrons. The zero-order valence-electron chi connectivity index (χ0n) is 13.6. The summed E-state index contributed by atoms with van der Waals surface area (Å²) in [5.41, 5.74) is 5.26. The van der Waals surface area contributed by atoms with Crippen molar-refractivity contribution in [3.05, 3.63) is 59.7 Å². The summed E-state index contributed by atoms with van der Waals surface area (Å²) in [5, 5.41) is 0. The van der Waals surface area contributed by atoms with Crippen molar-refractivity contribution in [1.82, 2.24) is 0 Å². The molecule has 2 aromatic rings. The number of nitrogens with zero attached hydrogens (tertiary/aromatic N) is 2. The van der Waals surface area contributed by atoms with Crippen LogP contribution in [-0.2, 0) is 0 Å². The third-order valence-electron chi connectivity index (χ3n) is 3.71. The van der Waals surface area contributed by atoms with Crippen LogP contribution in [0, 0.1) is 13.8 Å². The fourth-order valence-electron chi connectivity index (χ4n) is 2.64. The molecular weight excluding hydrogens is 319 g/mol. The lowest BCUT2D eigenvalue weighted by Crippen LogP contribution is -2.18. The highest BCUT2D eigenvalue weighted by Crippen LogP contribution is 2.23. The Labute approximate surface area is 139 Å². The molecule has 128 valence electrons. The van der Waals surface area contributed by atoms with E-state index in [9.17, 15) is 17.3 Å². The number of anilines is 1. The number of benzene rings is 2. The minimum atomic E-state index is -6.00. The molecule has 7 heteroatoms. The second-order valence-corrected chi connectivity index (χ2v) is 5.57. The largest absolute Gasteiger partial charge is 0.673 e. The summed E-state index contributed by atoms with van der Waals surface area (Å²) < 4.78 is 41.3. The molecule has 3 rings (SSSR count). The van der Waals surface area contributed by atoms with Gasteiger partial charge in [0.2, 0.25) is 6.34 Å². The predicted molar refractivity (Wildman–Crippen MR) is 90.7 cm³/mol. The van der Waals surface area contributed by atoms with Crippen LogP contribution in [0.2, 0.25) is 0 Å². The summed E-state index contributed by atoms with van der Waals surface area (Å²) >= 11 is 0. The maximum Gasteiger partial charge on any atom is 0.673 e. The predicted octanol–water partition coefficient (Wildman–Crippen LogP) is 4.80. The highest BCUT2D eigenvalue weighted by atomic mass is 19.5. The Bertz CT molecular complexity index is 723. The van der Waals surface area contributed by atoms with Gasteiger partial charge in [0.25, 0.3) is 0 Å². The van der Waals surface area contributed by atoms with E-state index in [1.54, 1.807) is 0 Å². The summed E-state index contributed by atoms with van der Waals surface area (Å²) in [7, 11) is -6.00. The summed E-state index contributed by atoms with van der Waals surface area (Å²) in [6, 6.07) is 17.1. The van der Waals surface area contributed by atoms with Gasteiger partial charge in [0.1, 0.15) is 24.5 Å². The van der Waals surface area contributed by atoms with E-state index in [-0.39, 0.29) is 0 Å². The van der Waals surface area contributed by atoms with Crippen LogP contribution in [0.25, 0.3) is 0 Å². The van der Waals surface area contributed by atoms with Crippen molar-refractivity contribution in [2.24, 2.45) is 0 Å². The van der Waals surface area contributed by atoms with Crippen LogP contribution in [0.3, 0.4) is 0 Å². The van der Waals surface area contributed by atoms with Crippen LogP contribution < -0.4 is 4.90 Å². The molecule has 0 unspecified atom stereocenters. The molecular formula is C17H19BF4N2. The van der Waals surface area contributed by atoms with Crippen LogP contribution in [0.5, 0.6) is 0 Å². The van der Waals surface area contributed by atoms with Gasteiger partial charge < -0.3 is 17.3 Å². The molecule has 0 N–H and O–H groups in total. The van der Waals surface area contributed by atoms with Gasteiger partial charge in [-0.2, -0.15) is 0 Å². The molecule has 0 saturated carbocycles. The Morgan fingerprint density at radius 3 is 2.00 bits per heavy atom. The highest BCUT2D eigenvalue weighted by molar-refractivity contribution is 6.50. The summed E-state index contributed by atoms with van der Waals surface area (Å²) in [6.07, 6.45) is 2.23. The third kappa shape index (κ3) is 5.11. The molecule has 0 aromatic heterocycles. The zero-order chi connectivity index (χ0) is 17.7. The van der Waals surface area contributed by atoms with E-state index < -0.39 is 7.25 Å². The Balaban J connectivity index is 0.000000368. The number of rotatable bonds is 2. The monoisotopic (exact) mass is 338 g/mol. The number of hydrogen-bond acceptors (Lipinski definition) is 1. The first-order valence-corrected chi connectivity index (χ1v) is 7.62. The minimum Gasteiger partial charge on any atom is -0.418 e. The van der Waals surface area contributed by atoms with E-state index in [0.29, 0.717) is 0 Å². The summed E-state index contributed by atoms with van der Waals surface area (Å²) in [4.78, 5) is 2.34. The van der Waals surface area contributed by atoms with E-state index >= 15 is 0 Å². The molecule has 2 aromatic carbocycles. The molecule has 0 aliphatic carbocycles. The Hall–Kier alpha value is -2.31. The number of aryl methyl sites for hydroxylation is 2. The van der Waals surface area contributed by atoms with Gasteiger partial charge in [-0.05, 0) is 37.1 Å². The SMILES string of the molecule is Cc1ccccc1N1C=[N+](c2ccccc2C)CC1.F[B-](F)(F)F. The van der Waals surface area contributed by atoms with Crippen molar-refractivity contribution in [3.8, 4) is 0 Å². The van der Waals surface area contributed by atoms with Crippen molar-refractivity contribution >= 4 is 25.0 Å². The molecule has 1 aliphatic heterocycles. The van der Waals surface area contributed by atoms with Gasteiger partial charge in [0.15, 0.2) is 0 Å². The summed E-state index contributed by atoms with van der Waals surface area (Å²) in [6.45, 7) is 6.41. The molecule has 0 amide bonds. The quantitative estimate of drug-likeness (QED) is 0.433. The standard InChI is InChI=1S/C17H19N2.BF4/c1-14-7-3-5-9-16(14)18-11-12-19(13-18)17-10-6-4-8-15(17)2;2-1(3,4)5/h3-10,13H,11-12H2,1-2H3;/q+1;-1. The normalized spacial score (nSPS) is 14.1. The summed E-state index contributed by atoms with van der Waals surface area (Å²) in [5.74, 6) is 0. The molecule has 0 spiro atoms. The second kappa shape index (κ2) is 7.51. The van der Waals surface area contributed by atoms with Gasteiger partial charge in [-0.1, -0.05) is 36.4 Å². The average molecular weight is 338 g/mol. The van der Waals surface area contributed by atoms with Crippen LogP contribution in [0.1, 0.15) is 11.1 Å². The molecule has 0 atom stereocenters. The first-order chi connectivity index (χ1) is 11.3. The highest BCUT2D eigenvalue weighted by Gasteiger charge is 2.24. The first kappa shape index (κ1) is 18.0. The smallest absolute Gasteiger partial charge is 0.418 e. The minimum absolute atomic E-state index is 1.04. The van der Waals surface area contributed by atoms with Gasteiger partial charge in [0.05, 0.1) is 0 Å². The average Bonchev–Trinajstić information content (AvgIpc) is 2.96. The Morgan fingerprint density at radius 1 is 0.875 bits per heavy atom. The molecule has 0 fully saturated rings. The molecule has 2 nitrogen and oxygen atoms in total. The number of para-hydroxylation sites is 2. The Kier molecular flexibility index (Phi) is 5.64. The molecule has 24 heavy (non-hydrogen) atoms. The van der Waals surface area contributed by atoms with Crippen molar-refractivity contribution in [3.63, 3.8) is 0 Å². The molecule has 0 bridgehead atoms. The molecule has 0 saturated heterocycles. The maximum absolute atomic E-state index is 9.75. The van der Waals surface area contributed by atoms with Crippen LogP contribution in [0.4, 0.5) is 28.6 Å². The lowest BCUT2D eigenvalue weighted by Gasteiger charge is -2.08. The molecule has 1 aliphatic rings.